The number of hydrogen-bond acceptors (Lipinski definition) is 4. The molecule has 1 saturated carbocycles. The zero-order valence-corrected chi connectivity index (χ0v) is 16.2. The molecule has 1 aromatic rings. The number of piperidine rings is 1. The quantitative estimate of drug-likeness (QED) is 0.797. The van der Waals surface area contributed by atoms with Crippen LogP contribution in [0.1, 0.15) is 50.5 Å². The van der Waals surface area contributed by atoms with Gasteiger partial charge in [0.15, 0.2) is 0 Å². The molecule has 1 aromatic heterocycles. The van der Waals surface area contributed by atoms with E-state index in [1.807, 2.05) is 21.9 Å². The van der Waals surface area contributed by atoms with Crippen LogP contribution in [0.15, 0.2) is 24.5 Å². The highest BCUT2D eigenvalue weighted by Gasteiger charge is 2.46. The van der Waals surface area contributed by atoms with Crippen LogP contribution in [0.5, 0.6) is 0 Å². The van der Waals surface area contributed by atoms with Crippen LogP contribution in [0.2, 0.25) is 0 Å². The van der Waals surface area contributed by atoms with Crippen LogP contribution in [0, 0.1) is 5.41 Å². The van der Waals surface area contributed by atoms with Gasteiger partial charge in [0.1, 0.15) is 0 Å². The minimum atomic E-state index is -0.211. The van der Waals surface area contributed by atoms with Gasteiger partial charge in [-0.05, 0) is 49.8 Å². The van der Waals surface area contributed by atoms with Gasteiger partial charge in [0.25, 0.3) is 0 Å². The Balaban J connectivity index is 1.32. The number of methoxy groups -OCH3 is 1. The predicted octanol–water partition coefficient (Wildman–Crippen LogP) is 2.38. The molecule has 3 aliphatic rings. The SMILES string of the molecule is COC1(CC(=O)N2CCC3(CC2)CC(=O)N(Cc2ccncc2)C3)CCC1. The first-order chi connectivity index (χ1) is 13.0. The average Bonchev–Trinajstić information content (AvgIpc) is 2.94. The molecule has 27 heavy (non-hydrogen) atoms. The Labute approximate surface area is 160 Å². The summed E-state index contributed by atoms with van der Waals surface area (Å²) in [4.78, 5) is 33.3. The van der Waals surface area contributed by atoms with Gasteiger partial charge in [0, 0.05) is 57.5 Å². The summed E-state index contributed by atoms with van der Waals surface area (Å²) in [5.41, 5.74) is 0.945. The molecule has 0 unspecified atom stereocenters. The molecule has 2 amide bonds. The summed E-state index contributed by atoms with van der Waals surface area (Å²) < 4.78 is 5.61. The number of carbonyl (C=O) groups is 2. The molecule has 6 nitrogen and oxygen atoms in total. The summed E-state index contributed by atoms with van der Waals surface area (Å²) in [6, 6.07) is 3.93. The van der Waals surface area contributed by atoms with Gasteiger partial charge in [-0.2, -0.15) is 0 Å². The van der Waals surface area contributed by atoms with Gasteiger partial charge in [0.05, 0.1) is 12.0 Å². The number of hydrogen-bond donors (Lipinski definition) is 0. The van der Waals surface area contributed by atoms with Crippen LogP contribution in [-0.2, 0) is 20.9 Å². The molecule has 0 aromatic carbocycles. The van der Waals surface area contributed by atoms with Crippen molar-refractivity contribution in [1.29, 1.82) is 0 Å². The fraction of sp³-hybridized carbons (Fsp3) is 0.667. The van der Waals surface area contributed by atoms with Crippen LogP contribution < -0.4 is 0 Å². The summed E-state index contributed by atoms with van der Waals surface area (Å²) in [7, 11) is 1.72. The van der Waals surface area contributed by atoms with Crippen molar-refractivity contribution in [3.8, 4) is 0 Å². The minimum Gasteiger partial charge on any atom is -0.378 e. The number of amides is 2. The third-order valence-electron chi connectivity index (χ3n) is 6.88. The van der Waals surface area contributed by atoms with Gasteiger partial charge in [-0.25, -0.2) is 0 Å². The van der Waals surface area contributed by atoms with Crippen molar-refractivity contribution in [2.75, 3.05) is 26.7 Å². The summed E-state index contributed by atoms with van der Waals surface area (Å²) in [6.45, 7) is 2.98. The lowest BCUT2D eigenvalue weighted by atomic mass is 9.75. The molecule has 4 rings (SSSR count). The minimum absolute atomic E-state index is 0.0380. The third kappa shape index (κ3) is 3.72. The van der Waals surface area contributed by atoms with Crippen molar-refractivity contribution in [3.05, 3.63) is 30.1 Å². The molecule has 146 valence electrons. The summed E-state index contributed by atoms with van der Waals surface area (Å²) in [5, 5.41) is 0. The number of pyridine rings is 1. The Morgan fingerprint density at radius 2 is 1.89 bits per heavy atom. The number of rotatable bonds is 5. The maximum absolute atomic E-state index is 12.7. The molecular weight excluding hydrogens is 342 g/mol. The maximum atomic E-state index is 12.7. The van der Waals surface area contributed by atoms with Crippen LogP contribution in [0.25, 0.3) is 0 Å². The Morgan fingerprint density at radius 3 is 2.48 bits per heavy atom. The van der Waals surface area contributed by atoms with Crippen LogP contribution in [-0.4, -0.2) is 58.9 Å². The van der Waals surface area contributed by atoms with E-state index in [9.17, 15) is 9.59 Å². The van der Waals surface area contributed by atoms with Gasteiger partial charge in [-0.3, -0.25) is 14.6 Å². The normalized spacial score (nSPS) is 23.5. The van der Waals surface area contributed by atoms with E-state index in [4.69, 9.17) is 4.74 Å². The zero-order valence-electron chi connectivity index (χ0n) is 16.2. The smallest absolute Gasteiger partial charge is 0.225 e. The van der Waals surface area contributed by atoms with Gasteiger partial charge < -0.3 is 14.5 Å². The second-order valence-electron chi connectivity index (χ2n) is 8.58. The van der Waals surface area contributed by atoms with Crippen LogP contribution >= 0.6 is 0 Å². The second kappa shape index (κ2) is 7.23. The van der Waals surface area contributed by atoms with Crippen molar-refractivity contribution in [1.82, 2.24) is 14.8 Å². The Hall–Kier alpha value is -1.95. The Bertz CT molecular complexity index is 688. The van der Waals surface area contributed by atoms with E-state index < -0.39 is 0 Å². The van der Waals surface area contributed by atoms with Crippen molar-refractivity contribution in [3.63, 3.8) is 0 Å². The van der Waals surface area contributed by atoms with E-state index in [0.717, 1.165) is 57.3 Å². The first-order valence-electron chi connectivity index (χ1n) is 10.0. The number of nitrogens with zero attached hydrogens (tertiary/aromatic N) is 3. The van der Waals surface area contributed by atoms with E-state index >= 15 is 0 Å². The lowest BCUT2D eigenvalue weighted by Gasteiger charge is -2.43. The molecule has 3 fully saturated rings. The van der Waals surface area contributed by atoms with Gasteiger partial charge in [-0.15, -0.1) is 0 Å². The van der Waals surface area contributed by atoms with E-state index in [1.165, 1.54) is 0 Å². The number of likely N-dealkylation sites (tertiary alicyclic amines) is 2. The van der Waals surface area contributed by atoms with E-state index in [0.29, 0.717) is 19.4 Å². The molecule has 1 spiro atoms. The van der Waals surface area contributed by atoms with E-state index in [-0.39, 0.29) is 22.8 Å². The van der Waals surface area contributed by atoms with Gasteiger partial charge in [-0.1, -0.05) is 0 Å². The molecule has 2 saturated heterocycles. The van der Waals surface area contributed by atoms with E-state index in [2.05, 4.69) is 4.98 Å². The topological polar surface area (TPSA) is 62.7 Å². The molecule has 0 bridgehead atoms. The Morgan fingerprint density at radius 1 is 1.19 bits per heavy atom. The van der Waals surface area contributed by atoms with Crippen molar-refractivity contribution >= 4 is 11.8 Å². The van der Waals surface area contributed by atoms with Gasteiger partial charge in [0.2, 0.25) is 11.8 Å². The summed E-state index contributed by atoms with van der Waals surface area (Å²) >= 11 is 0. The first-order valence-corrected chi connectivity index (χ1v) is 10.0. The standard InChI is InChI=1S/C21H29N3O3/c1-27-21(5-2-6-21)14-19(26)23-11-7-20(8-12-23)13-18(25)24(16-20)15-17-3-9-22-10-4-17/h3-4,9-10H,2,5-8,11-16H2,1H3. The van der Waals surface area contributed by atoms with Crippen LogP contribution in [0.3, 0.4) is 0 Å². The van der Waals surface area contributed by atoms with Crippen LogP contribution in [0.4, 0.5) is 0 Å². The Kier molecular flexibility index (Phi) is 4.93. The number of aromatic nitrogens is 1. The molecule has 6 heteroatoms. The zero-order chi connectivity index (χ0) is 18.9. The number of ether oxygens (including phenoxy) is 1. The monoisotopic (exact) mass is 371 g/mol. The highest BCUT2D eigenvalue weighted by atomic mass is 16.5. The molecule has 1 aliphatic carbocycles. The second-order valence-corrected chi connectivity index (χ2v) is 8.58. The molecule has 0 radical (unpaired) electrons. The summed E-state index contributed by atoms with van der Waals surface area (Å²) in [6.07, 6.45) is 9.62. The van der Waals surface area contributed by atoms with E-state index in [1.54, 1.807) is 19.5 Å². The molecule has 3 heterocycles. The molecular formula is C21H29N3O3. The lowest BCUT2D eigenvalue weighted by Crippen LogP contribution is -2.49. The number of carbonyl (C=O) groups excluding carboxylic acids is 2. The first kappa shape index (κ1) is 18.4. The van der Waals surface area contributed by atoms with Gasteiger partial charge >= 0.3 is 0 Å². The fourth-order valence-corrected chi connectivity index (χ4v) is 4.81. The van der Waals surface area contributed by atoms with Crippen molar-refractivity contribution in [2.24, 2.45) is 5.41 Å². The predicted molar refractivity (Wildman–Crippen MR) is 101 cm³/mol. The lowest BCUT2D eigenvalue weighted by molar-refractivity contribution is -0.146. The fourth-order valence-electron chi connectivity index (χ4n) is 4.81. The van der Waals surface area contributed by atoms with Crippen molar-refractivity contribution in [2.45, 2.75) is 57.1 Å². The third-order valence-corrected chi connectivity index (χ3v) is 6.88. The maximum Gasteiger partial charge on any atom is 0.225 e. The molecule has 0 N–H and O–H groups in total. The largest absolute Gasteiger partial charge is 0.378 e. The average molecular weight is 371 g/mol. The van der Waals surface area contributed by atoms with Crippen molar-refractivity contribution < 1.29 is 14.3 Å². The highest BCUT2D eigenvalue weighted by Crippen LogP contribution is 2.43. The molecule has 0 atom stereocenters. The highest BCUT2D eigenvalue weighted by molar-refractivity contribution is 5.80. The molecule has 2 aliphatic heterocycles. The summed E-state index contributed by atoms with van der Waals surface area (Å²) in [5.74, 6) is 0.448.